The minimum absolute atomic E-state index is 0.00704. The van der Waals surface area contributed by atoms with Gasteiger partial charge in [0.15, 0.2) is 5.25 Å². The smallest absolute Gasteiger partial charge is 0.324 e. The van der Waals surface area contributed by atoms with Crippen LogP contribution in [0.25, 0.3) is 0 Å². The number of pyridine rings is 1. The highest BCUT2D eigenvalue weighted by molar-refractivity contribution is 7.87. The van der Waals surface area contributed by atoms with E-state index in [1.54, 1.807) is 12.4 Å². The van der Waals surface area contributed by atoms with E-state index in [9.17, 15) is 13.2 Å². The second-order valence-electron chi connectivity index (χ2n) is 9.17. The molecule has 2 N–H and O–H groups in total. The summed E-state index contributed by atoms with van der Waals surface area (Å²) in [4.78, 5) is 14.6. The lowest BCUT2D eigenvalue weighted by molar-refractivity contribution is -0.136. The van der Waals surface area contributed by atoms with Crippen LogP contribution in [-0.4, -0.2) is 34.3 Å². The summed E-state index contributed by atoms with van der Waals surface area (Å²) >= 11 is 0. The number of nitrogens with zero attached hydrogens (tertiary/aromatic N) is 1. The molecule has 0 fully saturated rings. The van der Waals surface area contributed by atoms with Crippen molar-refractivity contribution in [3.8, 4) is 0 Å². The molecule has 0 saturated heterocycles. The van der Waals surface area contributed by atoms with Crippen molar-refractivity contribution in [2.24, 2.45) is 0 Å². The molecule has 1 unspecified atom stereocenters. The third-order valence-corrected chi connectivity index (χ3v) is 7.18. The fraction of sp³-hybridized carbons (Fsp3) is 0.778. The van der Waals surface area contributed by atoms with Crippen LogP contribution < -0.4 is 0 Å². The number of unbranched alkanes of at least 4 members (excludes halogenated alkanes) is 17. The number of hydrogen-bond acceptors (Lipinski definition) is 4. The number of carboxylic acid groups (broad SMARTS) is 1. The molecule has 0 aliphatic carbocycles. The largest absolute Gasteiger partial charge is 0.480 e. The Balaban J connectivity index is 0.00000156. The Hall–Kier alpha value is -1.47. The predicted molar refractivity (Wildman–Crippen MR) is 141 cm³/mol. The molecule has 1 rings (SSSR count). The number of aliphatic carboxylic acids is 1. The van der Waals surface area contributed by atoms with E-state index in [1.165, 1.54) is 89.9 Å². The van der Waals surface area contributed by atoms with Crippen molar-refractivity contribution in [3.63, 3.8) is 0 Å². The lowest BCUT2D eigenvalue weighted by Gasteiger charge is -2.08. The van der Waals surface area contributed by atoms with Crippen LogP contribution in [0.15, 0.2) is 30.6 Å². The molecule has 1 atom stereocenters. The van der Waals surface area contributed by atoms with Gasteiger partial charge < -0.3 is 5.11 Å². The molecule has 34 heavy (non-hydrogen) atoms. The second kappa shape index (κ2) is 23.3. The average molecular weight is 500 g/mol. The van der Waals surface area contributed by atoms with Crippen LogP contribution in [-0.2, 0) is 14.9 Å². The molecule has 0 aliphatic rings. The molecule has 0 aliphatic heterocycles. The standard InChI is InChI=1S/C22H44O5S.C5H5N/c1-2-3-4-5-6-7-8-9-10-11-12-13-14-15-16-17-18-19-20-21(22(23)24)28(25,26)27;1-2-4-6-5-3-1/h21H,2-20H2,1H3,(H,23,24)(H,25,26,27);1-5H. The van der Waals surface area contributed by atoms with Crippen LogP contribution >= 0.6 is 0 Å². The van der Waals surface area contributed by atoms with E-state index >= 15 is 0 Å². The van der Waals surface area contributed by atoms with Gasteiger partial charge in [-0.1, -0.05) is 129 Å². The van der Waals surface area contributed by atoms with Crippen LogP contribution in [0.3, 0.4) is 0 Å². The van der Waals surface area contributed by atoms with Gasteiger partial charge in [0.2, 0.25) is 0 Å². The lowest BCUT2D eigenvalue weighted by atomic mass is 10.0. The average Bonchev–Trinajstić information content (AvgIpc) is 2.81. The molecule has 0 spiro atoms. The van der Waals surface area contributed by atoms with E-state index in [4.69, 9.17) is 9.66 Å². The Labute approximate surface area is 208 Å². The molecule has 7 heteroatoms. The van der Waals surface area contributed by atoms with E-state index < -0.39 is 21.3 Å². The number of rotatable bonds is 21. The fourth-order valence-corrected chi connectivity index (χ4v) is 4.66. The molecule has 0 amide bonds. The molecular formula is C27H49NO5S. The van der Waals surface area contributed by atoms with Crippen LogP contribution in [0.5, 0.6) is 0 Å². The number of carbonyl (C=O) groups is 1. The van der Waals surface area contributed by atoms with Crippen molar-refractivity contribution in [2.75, 3.05) is 0 Å². The van der Waals surface area contributed by atoms with Gasteiger partial charge in [-0.05, 0) is 18.6 Å². The second-order valence-corrected chi connectivity index (χ2v) is 10.8. The lowest BCUT2D eigenvalue weighted by Crippen LogP contribution is -2.29. The van der Waals surface area contributed by atoms with Gasteiger partial charge in [-0.3, -0.25) is 14.3 Å². The highest BCUT2D eigenvalue weighted by Gasteiger charge is 2.29. The summed E-state index contributed by atoms with van der Waals surface area (Å²) in [5.41, 5.74) is 0. The molecule has 1 heterocycles. The van der Waals surface area contributed by atoms with Crippen molar-refractivity contribution in [3.05, 3.63) is 30.6 Å². The Bertz CT molecular complexity index is 640. The van der Waals surface area contributed by atoms with Crippen LogP contribution in [0.4, 0.5) is 0 Å². The molecule has 0 bridgehead atoms. The molecule has 1 aromatic heterocycles. The van der Waals surface area contributed by atoms with Crippen LogP contribution in [0.1, 0.15) is 129 Å². The Kier molecular flexibility index (Phi) is 22.3. The SMILES string of the molecule is CCCCCCCCCCCCCCCCCCCCC(C(=O)O)S(=O)(=O)O.c1ccncc1. The first-order valence-electron chi connectivity index (χ1n) is 13.4. The van der Waals surface area contributed by atoms with Gasteiger partial charge in [-0.15, -0.1) is 0 Å². The number of hydrogen-bond donors (Lipinski definition) is 2. The Morgan fingerprint density at radius 3 is 1.26 bits per heavy atom. The quantitative estimate of drug-likeness (QED) is 0.132. The summed E-state index contributed by atoms with van der Waals surface area (Å²) < 4.78 is 30.8. The maximum Gasteiger partial charge on any atom is 0.324 e. The third-order valence-electron chi connectivity index (χ3n) is 6.02. The zero-order chi connectivity index (χ0) is 25.3. The summed E-state index contributed by atoms with van der Waals surface area (Å²) in [6, 6.07) is 5.72. The summed E-state index contributed by atoms with van der Waals surface area (Å²) in [7, 11) is -4.49. The van der Waals surface area contributed by atoms with Crippen molar-refractivity contribution in [1.82, 2.24) is 4.98 Å². The highest BCUT2D eigenvalue weighted by Crippen LogP contribution is 2.16. The van der Waals surface area contributed by atoms with E-state index in [-0.39, 0.29) is 6.42 Å². The van der Waals surface area contributed by atoms with E-state index in [1.807, 2.05) is 18.2 Å². The Morgan fingerprint density at radius 1 is 0.676 bits per heavy atom. The van der Waals surface area contributed by atoms with Gasteiger partial charge in [-0.2, -0.15) is 8.42 Å². The van der Waals surface area contributed by atoms with Gasteiger partial charge in [-0.25, -0.2) is 0 Å². The van der Waals surface area contributed by atoms with Gasteiger partial charge >= 0.3 is 5.97 Å². The first-order valence-corrected chi connectivity index (χ1v) is 14.9. The van der Waals surface area contributed by atoms with Crippen molar-refractivity contribution in [2.45, 2.75) is 134 Å². The molecule has 0 saturated carbocycles. The molecule has 1 aromatic rings. The van der Waals surface area contributed by atoms with Crippen LogP contribution in [0.2, 0.25) is 0 Å². The minimum atomic E-state index is -4.49. The Morgan fingerprint density at radius 2 is 1.03 bits per heavy atom. The number of aromatic nitrogens is 1. The molecular weight excluding hydrogens is 450 g/mol. The van der Waals surface area contributed by atoms with Crippen LogP contribution in [0, 0.1) is 0 Å². The molecule has 6 nitrogen and oxygen atoms in total. The first-order chi connectivity index (χ1) is 16.4. The third kappa shape index (κ3) is 22.3. The summed E-state index contributed by atoms with van der Waals surface area (Å²) in [5, 5.41) is 7.14. The fourth-order valence-electron chi connectivity index (χ4n) is 3.94. The topological polar surface area (TPSA) is 105 Å². The first kappa shape index (κ1) is 32.5. The van der Waals surface area contributed by atoms with E-state index in [2.05, 4.69) is 11.9 Å². The zero-order valence-corrected chi connectivity index (χ0v) is 22.2. The van der Waals surface area contributed by atoms with Crippen molar-refractivity contribution in [1.29, 1.82) is 0 Å². The maximum atomic E-state index is 11.0. The monoisotopic (exact) mass is 499 g/mol. The van der Waals surface area contributed by atoms with Gasteiger partial charge in [0.25, 0.3) is 10.1 Å². The van der Waals surface area contributed by atoms with E-state index in [0.29, 0.717) is 6.42 Å². The summed E-state index contributed by atoms with van der Waals surface area (Å²) in [5.74, 6) is -1.46. The summed E-state index contributed by atoms with van der Waals surface area (Å²) in [6.07, 6.45) is 25.8. The van der Waals surface area contributed by atoms with Crippen molar-refractivity contribution < 1.29 is 22.9 Å². The summed E-state index contributed by atoms with van der Waals surface area (Å²) in [6.45, 7) is 2.26. The van der Waals surface area contributed by atoms with E-state index in [0.717, 1.165) is 19.3 Å². The van der Waals surface area contributed by atoms with Gasteiger partial charge in [0.1, 0.15) is 0 Å². The van der Waals surface area contributed by atoms with Crippen molar-refractivity contribution >= 4 is 16.1 Å². The highest BCUT2D eigenvalue weighted by atomic mass is 32.2. The molecule has 0 radical (unpaired) electrons. The zero-order valence-electron chi connectivity index (χ0n) is 21.4. The number of carboxylic acids is 1. The minimum Gasteiger partial charge on any atom is -0.480 e. The van der Waals surface area contributed by atoms with Gasteiger partial charge in [0, 0.05) is 12.4 Å². The van der Waals surface area contributed by atoms with Gasteiger partial charge in [0.05, 0.1) is 0 Å². The normalized spacial score (nSPS) is 12.1. The molecule has 0 aromatic carbocycles. The molecule has 198 valence electrons. The predicted octanol–water partition coefficient (Wildman–Crippen LogP) is 7.84. The maximum absolute atomic E-state index is 11.0.